The first-order chi connectivity index (χ1) is 9.49. The van der Waals surface area contributed by atoms with Crippen LogP contribution in [0, 0.1) is 6.92 Å². The third kappa shape index (κ3) is 2.54. The number of aryl methyl sites for hydroxylation is 1. The molecular formula is C15H19NO4. The van der Waals surface area contributed by atoms with Crippen LogP contribution in [0.25, 0.3) is 0 Å². The van der Waals surface area contributed by atoms with Crippen molar-refractivity contribution in [2.24, 2.45) is 0 Å². The summed E-state index contributed by atoms with van der Waals surface area (Å²) in [7, 11) is 0. The number of nitrogens with one attached hydrogen (secondary N) is 1. The summed E-state index contributed by atoms with van der Waals surface area (Å²) in [5.74, 6) is -1.53. The number of carbonyl (C=O) groups excluding carboxylic acids is 1. The van der Waals surface area contributed by atoms with E-state index in [1.165, 1.54) is 0 Å². The number of hydrogen-bond acceptors (Lipinski definition) is 3. The lowest BCUT2D eigenvalue weighted by atomic mass is 9.63. The second-order valence-corrected chi connectivity index (χ2v) is 5.35. The maximum atomic E-state index is 12.4. The van der Waals surface area contributed by atoms with Gasteiger partial charge in [0.1, 0.15) is 6.04 Å². The summed E-state index contributed by atoms with van der Waals surface area (Å²) < 4.78 is 0. The Morgan fingerprint density at radius 2 is 2.10 bits per heavy atom. The fourth-order valence-electron chi connectivity index (χ4n) is 2.60. The zero-order valence-electron chi connectivity index (χ0n) is 11.4. The van der Waals surface area contributed by atoms with Crippen LogP contribution in [-0.2, 0) is 15.0 Å². The normalized spacial score (nSPS) is 17.9. The van der Waals surface area contributed by atoms with Crippen molar-refractivity contribution in [3.05, 3.63) is 35.4 Å². The lowest BCUT2D eigenvalue weighted by Crippen LogP contribution is -2.54. The van der Waals surface area contributed by atoms with E-state index in [-0.39, 0.29) is 5.91 Å². The van der Waals surface area contributed by atoms with Gasteiger partial charge >= 0.3 is 5.97 Å². The van der Waals surface area contributed by atoms with Gasteiger partial charge in [0.25, 0.3) is 0 Å². The molecule has 0 heterocycles. The summed E-state index contributed by atoms with van der Waals surface area (Å²) in [5, 5.41) is 20.4. The van der Waals surface area contributed by atoms with Gasteiger partial charge in [-0.3, -0.25) is 4.79 Å². The molecule has 0 aromatic heterocycles. The van der Waals surface area contributed by atoms with Gasteiger partial charge < -0.3 is 15.5 Å². The molecule has 0 aliphatic heterocycles. The molecule has 5 heteroatoms. The molecule has 1 aromatic rings. The molecule has 0 spiro atoms. The zero-order chi connectivity index (χ0) is 14.8. The zero-order valence-corrected chi connectivity index (χ0v) is 11.4. The molecule has 0 saturated heterocycles. The van der Waals surface area contributed by atoms with Crippen LogP contribution in [0.5, 0.6) is 0 Å². The highest BCUT2D eigenvalue weighted by atomic mass is 16.4. The predicted molar refractivity (Wildman–Crippen MR) is 73.4 cm³/mol. The summed E-state index contributed by atoms with van der Waals surface area (Å²) in [5.41, 5.74) is 1.34. The lowest BCUT2D eigenvalue weighted by Gasteiger charge is -2.41. The van der Waals surface area contributed by atoms with Crippen molar-refractivity contribution < 1.29 is 19.8 Å². The second kappa shape index (κ2) is 5.63. The molecule has 108 valence electrons. The van der Waals surface area contributed by atoms with Crippen molar-refractivity contribution in [3.8, 4) is 0 Å². The van der Waals surface area contributed by atoms with Gasteiger partial charge in [0, 0.05) is 0 Å². The van der Waals surface area contributed by atoms with Gasteiger partial charge in [-0.2, -0.15) is 0 Å². The Balaban J connectivity index is 2.23. The molecule has 0 unspecified atom stereocenters. The minimum absolute atomic E-state index is 0.309. The van der Waals surface area contributed by atoms with E-state index in [0.717, 1.165) is 17.5 Å². The molecule has 1 aliphatic carbocycles. The number of carbonyl (C=O) groups is 2. The second-order valence-electron chi connectivity index (χ2n) is 5.35. The Morgan fingerprint density at radius 3 is 2.55 bits per heavy atom. The minimum atomic E-state index is -1.25. The Hall–Kier alpha value is -1.88. The highest BCUT2D eigenvalue weighted by molar-refractivity contribution is 5.92. The number of amides is 1. The maximum Gasteiger partial charge on any atom is 0.328 e. The number of aliphatic carboxylic acids is 1. The molecule has 1 fully saturated rings. The van der Waals surface area contributed by atoms with Gasteiger partial charge in [-0.05, 0) is 25.3 Å². The average molecular weight is 277 g/mol. The first-order valence-corrected chi connectivity index (χ1v) is 6.71. The first kappa shape index (κ1) is 14.5. The van der Waals surface area contributed by atoms with Crippen molar-refractivity contribution in [1.29, 1.82) is 0 Å². The Bertz CT molecular complexity index is 522. The van der Waals surface area contributed by atoms with Crippen LogP contribution in [0.1, 0.15) is 30.4 Å². The van der Waals surface area contributed by atoms with Crippen molar-refractivity contribution in [1.82, 2.24) is 5.32 Å². The van der Waals surface area contributed by atoms with E-state index in [9.17, 15) is 9.59 Å². The van der Waals surface area contributed by atoms with Crippen LogP contribution >= 0.6 is 0 Å². The molecule has 0 bridgehead atoms. The Labute approximate surface area is 117 Å². The first-order valence-electron chi connectivity index (χ1n) is 6.71. The van der Waals surface area contributed by atoms with Crippen LogP contribution in [0.3, 0.4) is 0 Å². The number of hydrogen-bond donors (Lipinski definition) is 3. The smallest absolute Gasteiger partial charge is 0.328 e. The van der Waals surface area contributed by atoms with Crippen LogP contribution in [0.2, 0.25) is 0 Å². The van der Waals surface area contributed by atoms with Gasteiger partial charge in [0.2, 0.25) is 5.91 Å². The van der Waals surface area contributed by atoms with Crippen LogP contribution < -0.4 is 5.32 Å². The van der Waals surface area contributed by atoms with E-state index in [1.807, 2.05) is 31.2 Å². The number of aliphatic hydroxyl groups is 1. The average Bonchev–Trinajstić information content (AvgIpc) is 2.34. The van der Waals surface area contributed by atoms with E-state index < -0.39 is 24.0 Å². The molecule has 1 saturated carbocycles. The van der Waals surface area contributed by atoms with E-state index in [1.54, 1.807) is 0 Å². The van der Waals surface area contributed by atoms with Crippen molar-refractivity contribution in [2.75, 3.05) is 6.61 Å². The molecule has 5 nitrogen and oxygen atoms in total. The number of benzene rings is 1. The summed E-state index contributed by atoms with van der Waals surface area (Å²) in [6, 6.07) is 6.48. The largest absolute Gasteiger partial charge is 0.480 e. The van der Waals surface area contributed by atoms with Crippen molar-refractivity contribution in [3.63, 3.8) is 0 Å². The monoisotopic (exact) mass is 277 g/mol. The van der Waals surface area contributed by atoms with Gasteiger partial charge in [-0.15, -0.1) is 0 Å². The van der Waals surface area contributed by atoms with Gasteiger partial charge in [0.15, 0.2) is 0 Å². The summed E-state index contributed by atoms with van der Waals surface area (Å²) in [6.07, 6.45) is 2.36. The highest BCUT2D eigenvalue weighted by Gasteiger charge is 2.46. The van der Waals surface area contributed by atoms with Crippen LogP contribution in [-0.4, -0.2) is 34.7 Å². The topological polar surface area (TPSA) is 86.6 Å². The summed E-state index contributed by atoms with van der Waals surface area (Å²) in [4.78, 5) is 23.4. The van der Waals surface area contributed by atoms with Gasteiger partial charge in [-0.1, -0.05) is 36.2 Å². The molecular weight excluding hydrogens is 258 g/mol. The molecule has 2 rings (SSSR count). The quantitative estimate of drug-likeness (QED) is 0.748. The molecule has 1 amide bonds. The minimum Gasteiger partial charge on any atom is -0.480 e. The summed E-state index contributed by atoms with van der Waals surface area (Å²) in [6.45, 7) is 1.35. The number of aliphatic hydroxyl groups excluding tert-OH is 1. The SMILES string of the molecule is Cc1cccc(C2(C(=O)N[C@@H](CO)C(=O)O)CCC2)c1. The van der Waals surface area contributed by atoms with Crippen molar-refractivity contribution in [2.45, 2.75) is 37.6 Å². The molecule has 20 heavy (non-hydrogen) atoms. The fourth-order valence-corrected chi connectivity index (χ4v) is 2.60. The summed E-state index contributed by atoms with van der Waals surface area (Å²) >= 11 is 0. The van der Waals surface area contributed by atoms with E-state index in [2.05, 4.69) is 5.32 Å². The third-order valence-corrected chi connectivity index (χ3v) is 4.00. The molecule has 0 radical (unpaired) electrons. The number of rotatable bonds is 5. The fraction of sp³-hybridized carbons (Fsp3) is 0.467. The van der Waals surface area contributed by atoms with E-state index >= 15 is 0 Å². The van der Waals surface area contributed by atoms with E-state index in [4.69, 9.17) is 10.2 Å². The van der Waals surface area contributed by atoms with E-state index in [0.29, 0.717) is 12.8 Å². The maximum absolute atomic E-state index is 12.4. The molecule has 1 aliphatic rings. The third-order valence-electron chi connectivity index (χ3n) is 4.00. The van der Waals surface area contributed by atoms with Crippen molar-refractivity contribution >= 4 is 11.9 Å². The van der Waals surface area contributed by atoms with Gasteiger partial charge in [-0.25, -0.2) is 4.79 Å². The van der Waals surface area contributed by atoms with Crippen LogP contribution in [0.15, 0.2) is 24.3 Å². The van der Waals surface area contributed by atoms with Gasteiger partial charge in [0.05, 0.1) is 12.0 Å². The Kier molecular flexibility index (Phi) is 4.09. The molecule has 1 atom stereocenters. The van der Waals surface area contributed by atoms with Crippen LogP contribution in [0.4, 0.5) is 0 Å². The highest BCUT2D eigenvalue weighted by Crippen LogP contribution is 2.44. The molecule has 1 aromatic carbocycles. The molecule has 3 N–H and O–H groups in total. The standard InChI is InChI=1S/C15H19NO4/c1-10-4-2-5-11(8-10)15(6-3-7-15)14(20)16-12(9-17)13(18)19/h2,4-5,8,12,17H,3,6-7,9H2,1H3,(H,16,20)(H,18,19)/t12-/m0/s1. The number of carboxylic acids is 1. The number of carboxylic acid groups (broad SMARTS) is 1. The predicted octanol–water partition coefficient (Wildman–Crippen LogP) is 0.978. The Morgan fingerprint density at radius 1 is 1.40 bits per heavy atom. The lowest BCUT2D eigenvalue weighted by molar-refractivity contribution is -0.144.